The van der Waals surface area contributed by atoms with Crippen molar-refractivity contribution in [1.82, 2.24) is 40.6 Å². The molecule has 3 heterocycles. The van der Waals surface area contributed by atoms with Crippen LogP contribution in [0, 0.1) is 5.92 Å². The van der Waals surface area contributed by atoms with Crippen LogP contribution in [0.4, 0.5) is 0 Å². The van der Waals surface area contributed by atoms with Gasteiger partial charge in [-0.15, -0.1) is 0 Å². The van der Waals surface area contributed by atoms with Crippen molar-refractivity contribution in [3.63, 3.8) is 0 Å². The molecule has 47 heavy (non-hydrogen) atoms. The van der Waals surface area contributed by atoms with Gasteiger partial charge in [0.25, 0.3) is 5.91 Å². The fourth-order valence-corrected chi connectivity index (χ4v) is 5.48. The standard InChI is InChI=1S/C33H46N8O6/c1-6-21(2)30-32(44)36-22(3)31-37-27(18-23-10-11-25(46-4)26(17-23)47-5)39-41(31)20-29(43)35-13-8-16-40(15-7-9-28(42)38-30)33(45)24-12-14-34-19-24/h10-12,14,17,19,21-22,30,34H,6-9,13,15-16,18,20H2,1-5H3,(H,35,43)(H,36,44)(H,38,42)/t21-,22+,30-/m0/s1. The second kappa shape index (κ2) is 16.6. The minimum Gasteiger partial charge on any atom is -0.493 e. The summed E-state index contributed by atoms with van der Waals surface area (Å²) in [4.78, 5) is 62.2. The van der Waals surface area contributed by atoms with Gasteiger partial charge in [0.1, 0.15) is 18.4 Å². The molecular weight excluding hydrogens is 604 g/mol. The fourth-order valence-electron chi connectivity index (χ4n) is 5.48. The average molecular weight is 651 g/mol. The Morgan fingerprint density at radius 2 is 1.81 bits per heavy atom. The minimum absolute atomic E-state index is 0.119. The molecule has 3 atom stereocenters. The maximum atomic E-state index is 13.6. The molecule has 1 aliphatic heterocycles. The quantitative estimate of drug-likeness (QED) is 0.302. The van der Waals surface area contributed by atoms with Crippen molar-refractivity contribution in [2.45, 2.75) is 71.5 Å². The Morgan fingerprint density at radius 1 is 1.04 bits per heavy atom. The SMILES string of the molecule is CC[C@H](C)[C@@H]1NC(=O)CCCN(C(=O)c2cc[nH]c2)CCCNC(=O)Cn2nc(Cc3ccc(OC)c(OC)c3)nc2[C@@H](C)NC1=O. The highest BCUT2D eigenvalue weighted by Gasteiger charge is 2.29. The van der Waals surface area contributed by atoms with E-state index in [4.69, 9.17) is 14.5 Å². The molecular formula is C33H46N8O6. The summed E-state index contributed by atoms with van der Waals surface area (Å²) in [6, 6.07) is 5.83. The van der Waals surface area contributed by atoms with Crippen LogP contribution in [0.3, 0.4) is 0 Å². The highest BCUT2D eigenvalue weighted by atomic mass is 16.5. The first-order chi connectivity index (χ1) is 22.6. The summed E-state index contributed by atoms with van der Waals surface area (Å²) in [5.41, 5.74) is 1.39. The number of H-pyrrole nitrogens is 1. The number of nitrogens with one attached hydrogen (secondary N) is 4. The molecule has 1 aromatic carbocycles. The lowest BCUT2D eigenvalue weighted by Gasteiger charge is -2.26. The molecule has 2 aromatic heterocycles. The number of carbonyl (C=O) groups excluding carboxylic acids is 4. The molecule has 254 valence electrons. The Kier molecular flexibility index (Phi) is 12.4. The van der Waals surface area contributed by atoms with Gasteiger partial charge >= 0.3 is 0 Å². The van der Waals surface area contributed by atoms with Crippen LogP contribution in [0.25, 0.3) is 0 Å². The van der Waals surface area contributed by atoms with E-state index in [1.54, 1.807) is 50.6 Å². The minimum atomic E-state index is -0.780. The number of nitrogens with zero attached hydrogens (tertiary/aromatic N) is 4. The molecule has 0 spiro atoms. The lowest BCUT2D eigenvalue weighted by molar-refractivity contribution is -0.130. The second-order valence-corrected chi connectivity index (χ2v) is 11.8. The van der Waals surface area contributed by atoms with Gasteiger partial charge in [0.2, 0.25) is 17.7 Å². The van der Waals surface area contributed by atoms with Crippen LogP contribution in [0.5, 0.6) is 11.5 Å². The molecule has 0 saturated heterocycles. The first-order valence-corrected chi connectivity index (χ1v) is 16.1. The number of carbonyl (C=O) groups is 4. The molecule has 3 aromatic rings. The molecule has 0 unspecified atom stereocenters. The third-order valence-corrected chi connectivity index (χ3v) is 8.30. The predicted molar refractivity (Wildman–Crippen MR) is 174 cm³/mol. The Bertz CT molecular complexity index is 1520. The predicted octanol–water partition coefficient (Wildman–Crippen LogP) is 2.36. The summed E-state index contributed by atoms with van der Waals surface area (Å²) in [6.07, 6.45) is 5.42. The third kappa shape index (κ3) is 9.33. The summed E-state index contributed by atoms with van der Waals surface area (Å²) in [5.74, 6) is 0.827. The molecule has 14 heteroatoms. The van der Waals surface area contributed by atoms with Crippen molar-refractivity contribution < 1.29 is 28.7 Å². The van der Waals surface area contributed by atoms with Crippen molar-refractivity contribution in [3.05, 3.63) is 59.4 Å². The maximum absolute atomic E-state index is 13.6. The number of ether oxygens (including phenoxy) is 2. The van der Waals surface area contributed by atoms with Crippen molar-refractivity contribution >= 4 is 23.6 Å². The summed E-state index contributed by atoms with van der Waals surface area (Å²) < 4.78 is 12.3. The van der Waals surface area contributed by atoms with Crippen molar-refractivity contribution in [2.75, 3.05) is 33.9 Å². The van der Waals surface area contributed by atoms with Crippen molar-refractivity contribution in [1.29, 1.82) is 0 Å². The monoisotopic (exact) mass is 650 g/mol. The van der Waals surface area contributed by atoms with E-state index in [-0.39, 0.29) is 42.5 Å². The van der Waals surface area contributed by atoms with Crippen LogP contribution < -0.4 is 25.4 Å². The number of hydrogen-bond donors (Lipinski definition) is 4. The zero-order valence-electron chi connectivity index (χ0n) is 27.8. The third-order valence-electron chi connectivity index (χ3n) is 8.30. The normalized spacial score (nSPS) is 19.3. The number of aromatic nitrogens is 4. The zero-order chi connectivity index (χ0) is 33.9. The lowest BCUT2D eigenvalue weighted by Crippen LogP contribution is -2.51. The highest BCUT2D eigenvalue weighted by molar-refractivity contribution is 5.94. The molecule has 1 aliphatic rings. The highest BCUT2D eigenvalue weighted by Crippen LogP contribution is 2.28. The molecule has 4 amide bonds. The van der Waals surface area contributed by atoms with Gasteiger partial charge in [-0.3, -0.25) is 19.2 Å². The molecule has 14 nitrogen and oxygen atoms in total. The number of fused-ring (bicyclic) bond motifs is 1. The molecule has 0 radical (unpaired) electrons. The van der Waals surface area contributed by atoms with Crippen LogP contribution in [-0.2, 0) is 27.3 Å². The topological polar surface area (TPSA) is 173 Å². The smallest absolute Gasteiger partial charge is 0.255 e. The number of benzene rings is 1. The van der Waals surface area contributed by atoms with Crippen molar-refractivity contribution in [2.24, 2.45) is 5.92 Å². The van der Waals surface area contributed by atoms with Gasteiger partial charge < -0.3 is 35.3 Å². The van der Waals surface area contributed by atoms with Crippen LogP contribution in [0.2, 0.25) is 0 Å². The second-order valence-electron chi connectivity index (χ2n) is 11.8. The number of amides is 4. The number of rotatable bonds is 7. The van der Waals surface area contributed by atoms with Gasteiger partial charge in [-0.25, -0.2) is 9.67 Å². The number of methoxy groups -OCH3 is 2. The van der Waals surface area contributed by atoms with Gasteiger partial charge in [0.05, 0.1) is 25.8 Å². The Balaban J connectivity index is 1.60. The summed E-state index contributed by atoms with van der Waals surface area (Å²) in [7, 11) is 3.13. The first-order valence-electron chi connectivity index (χ1n) is 16.1. The molecule has 0 fully saturated rings. The first kappa shape index (κ1) is 35.0. The van der Waals surface area contributed by atoms with E-state index in [0.29, 0.717) is 74.0 Å². The Morgan fingerprint density at radius 3 is 2.51 bits per heavy atom. The Labute approximate surface area is 275 Å². The van der Waals surface area contributed by atoms with E-state index < -0.39 is 12.1 Å². The van der Waals surface area contributed by atoms with E-state index in [1.165, 1.54) is 4.68 Å². The van der Waals surface area contributed by atoms with E-state index >= 15 is 0 Å². The molecule has 0 saturated carbocycles. The van der Waals surface area contributed by atoms with E-state index in [1.807, 2.05) is 26.0 Å². The summed E-state index contributed by atoms with van der Waals surface area (Å²) >= 11 is 0. The van der Waals surface area contributed by atoms with Gasteiger partial charge in [0.15, 0.2) is 17.3 Å². The largest absolute Gasteiger partial charge is 0.493 e. The molecule has 4 rings (SSSR count). The summed E-state index contributed by atoms with van der Waals surface area (Å²) in [6.45, 7) is 6.61. The van der Waals surface area contributed by atoms with Gasteiger partial charge in [0, 0.05) is 44.9 Å². The zero-order valence-corrected chi connectivity index (χ0v) is 27.8. The van der Waals surface area contributed by atoms with E-state index in [9.17, 15) is 19.2 Å². The fraction of sp³-hybridized carbons (Fsp3) is 0.515. The lowest BCUT2D eigenvalue weighted by atomic mass is 9.97. The Hall–Kier alpha value is -4.88. The maximum Gasteiger partial charge on any atom is 0.255 e. The van der Waals surface area contributed by atoms with Crippen LogP contribution in [0.15, 0.2) is 36.7 Å². The molecule has 4 N–H and O–H groups in total. The molecule has 0 bridgehead atoms. The van der Waals surface area contributed by atoms with Gasteiger partial charge in [-0.05, 0) is 49.4 Å². The van der Waals surface area contributed by atoms with Gasteiger partial charge in [-0.1, -0.05) is 26.3 Å². The van der Waals surface area contributed by atoms with Crippen molar-refractivity contribution in [3.8, 4) is 11.5 Å². The average Bonchev–Trinajstić information content (AvgIpc) is 3.74. The van der Waals surface area contributed by atoms with Crippen LogP contribution in [-0.4, -0.2) is 88.2 Å². The summed E-state index contributed by atoms with van der Waals surface area (Å²) in [5, 5.41) is 13.5. The molecule has 0 aliphatic carbocycles. The van der Waals surface area contributed by atoms with E-state index in [2.05, 4.69) is 26.0 Å². The number of aromatic amines is 1. The van der Waals surface area contributed by atoms with E-state index in [0.717, 1.165) is 5.56 Å². The number of hydrogen-bond acceptors (Lipinski definition) is 8. The van der Waals surface area contributed by atoms with Crippen LogP contribution in [0.1, 0.15) is 80.1 Å². The van der Waals surface area contributed by atoms with Gasteiger partial charge in [-0.2, -0.15) is 5.10 Å². The van der Waals surface area contributed by atoms with Crippen LogP contribution >= 0.6 is 0 Å².